The van der Waals surface area contributed by atoms with Gasteiger partial charge in [-0.2, -0.15) is 0 Å². The van der Waals surface area contributed by atoms with E-state index in [4.69, 9.17) is 4.98 Å². The molecular weight excluding hydrogens is 396 g/mol. The first-order valence-electron chi connectivity index (χ1n) is 8.74. The molecule has 3 aromatic rings. The molecule has 0 bridgehead atoms. The number of benzene rings is 1. The largest absolute Gasteiger partial charge is 0.356 e. The van der Waals surface area contributed by atoms with Crippen molar-refractivity contribution in [2.45, 2.75) is 22.9 Å². The number of carbonyl (C=O) groups excluding carboxylic acids is 1. The molecule has 0 unspecified atom stereocenters. The first-order valence-corrected chi connectivity index (χ1v) is 12.0. The van der Waals surface area contributed by atoms with Gasteiger partial charge < -0.3 is 10.2 Å². The zero-order valence-electron chi connectivity index (χ0n) is 15.2. The second kappa shape index (κ2) is 8.08. The van der Waals surface area contributed by atoms with Gasteiger partial charge in [-0.3, -0.25) is 4.79 Å². The van der Waals surface area contributed by atoms with Crippen molar-refractivity contribution in [3.63, 3.8) is 0 Å². The molecule has 3 heterocycles. The number of anilines is 2. The monoisotopic (exact) mass is 416 g/mol. The fourth-order valence-corrected chi connectivity index (χ4v) is 4.95. The molecule has 140 valence electrons. The van der Waals surface area contributed by atoms with Crippen LogP contribution in [-0.2, 0) is 0 Å². The number of aromatic nitrogens is 2. The summed E-state index contributed by atoms with van der Waals surface area (Å²) >= 11 is 4.62. The van der Waals surface area contributed by atoms with Crippen LogP contribution in [0.3, 0.4) is 0 Å². The minimum absolute atomic E-state index is 0.102. The number of hydrogen-bond donors (Lipinski definition) is 1. The summed E-state index contributed by atoms with van der Waals surface area (Å²) in [5.41, 5.74) is 0.806. The highest BCUT2D eigenvalue weighted by Crippen LogP contribution is 2.34. The Bertz CT molecular complexity index is 982. The predicted octanol–water partition coefficient (Wildman–Crippen LogP) is 4.99. The maximum absolute atomic E-state index is 12.8. The number of hydrogen-bond acceptors (Lipinski definition) is 7. The van der Waals surface area contributed by atoms with Crippen LogP contribution in [0.2, 0.25) is 0 Å². The van der Waals surface area contributed by atoms with Gasteiger partial charge in [0.2, 0.25) is 0 Å². The number of fused-ring (bicyclic) bond motifs is 1. The van der Waals surface area contributed by atoms with E-state index in [1.165, 1.54) is 35.9 Å². The number of nitrogens with one attached hydrogen (secondary N) is 1. The second-order valence-corrected chi connectivity index (χ2v) is 8.93. The van der Waals surface area contributed by atoms with Gasteiger partial charge in [0.15, 0.2) is 5.16 Å². The number of thioether (sulfide) groups is 2. The van der Waals surface area contributed by atoms with E-state index in [9.17, 15) is 4.79 Å². The van der Waals surface area contributed by atoms with Crippen LogP contribution in [0.5, 0.6) is 0 Å². The molecule has 0 radical (unpaired) electrons. The number of amides is 1. The third kappa shape index (κ3) is 3.93. The molecule has 4 rings (SSSR count). The molecule has 0 saturated carbocycles. The van der Waals surface area contributed by atoms with Gasteiger partial charge in [0.1, 0.15) is 10.6 Å². The summed E-state index contributed by atoms with van der Waals surface area (Å²) in [6, 6.07) is 9.81. The van der Waals surface area contributed by atoms with Gasteiger partial charge >= 0.3 is 0 Å². The maximum Gasteiger partial charge on any atom is 0.265 e. The van der Waals surface area contributed by atoms with Crippen molar-refractivity contribution in [2.24, 2.45) is 0 Å². The fourth-order valence-electron chi connectivity index (χ4n) is 3.15. The SMILES string of the molecule is CSc1cccc(NC(=O)c2cc3c(N4CCCC4)nc(SC)nc3s2)c1. The molecule has 1 N–H and O–H groups in total. The van der Waals surface area contributed by atoms with Crippen molar-refractivity contribution < 1.29 is 4.79 Å². The summed E-state index contributed by atoms with van der Waals surface area (Å²) in [5.74, 6) is 0.857. The van der Waals surface area contributed by atoms with Crippen LogP contribution in [0.1, 0.15) is 22.5 Å². The lowest BCUT2D eigenvalue weighted by Gasteiger charge is -2.17. The summed E-state index contributed by atoms with van der Waals surface area (Å²) in [6.07, 6.45) is 6.37. The normalized spacial score (nSPS) is 14.1. The van der Waals surface area contributed by atoms with Crippen molar-refractivity contribution in [1.82, 2.24) is 9.97 Å². The van der Waals surface area contributed by atoms with Crippen molar-refractivity contribution >= 4 is 62.5 Å². The predicted molar refractivity (Wildman–Crippen MR) is 117 cm³/mol. The molecule has 2 aromatic heterocycles. The fraction of sp³-hybridized carbons (Fsp3) is 0.316. The zero-order chi connectivity index (χ0) is 18.8. The van der Waals surface area contributed by atoms with Gasteiger partial charge in [0, 0.05) is 23.7 Å². The van der Waals surface area contributed by atoms with Crippen molar-refractivity contribution in [3.8, 4) is 0 Å². The maximum atomic E-state index is 12.8. The Hall–Kier alpha value is -1.77. The van der Waals surface area contributed by atoms with Crippen LogP contribution >= 0.6 is 34.9 Å². The van der Waals surface area contributed by atoms with Crippen LogP contribution in [-0.4, -0.2) is 41.5 Å². The van der Waals surface area contributed by atoms with E-state index in [1.807, 2.05) is 42.8 Å². The van der Waals surface area contributed by atoms with Crippen LogP contribution in [0.15, 0.2) is 40.4 Å². The average Bonchev–Trinajstić information content (AvgIpc) is 3.37. The summed E-state index contributed by atoms with van der Waals surface area (Å²) in [5, 5.41) is 4.73. The molecule has 27 heavy (non-hydrogen) atoms. The quantitative estimate of drug-likeness (QED) is 0.467. The van der Waals surface area contributed by atoms with Crippen molar-refractivity contribution in [1.29, 1.82) is 0 Å². The minimum atomic E-state index is -0.102. The lowest BCUT2D eigenvalue weighted by Crippen LogP contribution is -2.19. The first kappa shape index (κ1) is 18.6. The number of nitrogens with zero attached hydrogens (tertiary/aromatic N) is 3. The van der Waals surface area contributed by atoms with Crippen LogP contribution < -0.4 is 10.2 Å². The van der Waals surface area contributed by atoms with E-state index in [1.54, 1.807) is 11.8 Å². The van der Waals surface area contributed by atoms with E-state index in [0.717, 1.165) is 44.9 Å². The van der Waals surface area contributed by atoms with E-state index in [0.29, 0.717) is 4.88 Å². The number of thiophene rings is 1. The van der Waals surface area contributed by atoms with Crippen LogP contribution in [0.25, 0.3) is 10.2 Å². The van der Waals surface area contributed by atoms with Gasteiger partial charge in [0.25, 0.3) is 5.91 Å². The summed E-state index contributed by atoms with van der Waals surface area (Å²) in [6.45, 7) is 2.03. The van der Waals surface area contributed by atoms with Gasteiger partial charge in [-0.25, -0.2) is 9.97 Å². The highest BCUT2D eigenvalue weighted by Gasteiger charge is 2.21. The standard InChI is InChI=1S/C19H20N4OS3/c1-25-13-7-5-6-12(10-13)20-17(24)15-11-14-16(23-8-3-4-9-23)21-19(26-2)22-18(14)27-15/h5-7,10-11H,3-4,8-9H2,1-2H3,(H,20,24). The Morgan fingerprint density at radius 1 is 1.15 bits per heavy atom. The Kier molecular flexibility index (Phi) is 5.56. The molecule has 0 aliphatic carbocycles. The molecule has 1 aliphatic heterocycles. The molecule has 5 nitrogen and oxygen atoms in total. The minimum Gasteiger partial charge on any atom is -0.356 e. The molecule has 0 spiro atoms. The first-order chi connectivity index (χ1) is 13.2. The molecule has 1 amide bonds. The van der Waals surface area contributed by atoms with Crippen LogP contribution in [0, 0.1) is 0 Å². The van der Waals surface area contributed by atoms with E-state index >= 15 is 0 Å². The van der Waals surface area contributed by atoms with Crippen LogP contribution in [0.4, 0.5) is 11.5 Å². The Balaban J connectivity index is 1.67. The van der Waals surface area contributed by atoms with E-state index < -0.39 is 0 Å². The molecule has 1 saturated heterocycles. The highest BCUT2D eigenvalue weighted by molar-refractivity contribution is 7.98. The third-order valence-electron chi connectivity index (χ3n) is 4.49. The van der Waals surface area contributed by atoms with E-state index in [2.05, 4.69) is 15.2 Å². The molecule has 8 heteroatoms. The van der Waals surface area contributed by atoms with Gasteiger partial charge in [0.05, 0.1) is 10.3 Å². The zero-order valence-corrected chi connectivity index (χ0v) is 17.6. The summed E-state index contributed by atoms with van der Waals surface area (Å²) in [4.78, 5) is 27.1. The van der Waals surface area contributed by atoms with Gasteiger partial charge in [-0.1, -0.05) is 17.8 Å². The third-order valence-corrected chi connectivity index (χ3v) is 6.79. The lowest BCUT2D eigenvalue weighted by molar-refractivity contribution is 0.103. The molecule has 1 fully saturated rings. The Morgan fingerprint density at radius 2 is 1.96 bits per heavy atom. The Labute approximate surface area is 171 Å². The molecule has 1 aliphatic rings. The molecule has 1 aromatic carbocycles. The van der Waals surface area contributed by atoms with Crippen molar-refractivity contribution in [3.05, 3.63) is 35.2 Å². The van der Waals surface area contributed by atoms with Crippen molar-refractivity contribution in [2.75, 3.05) is 35.8 Å². The van der Waals surface area contributed by atoms with E-state index in [-0.39, 0.29) is 5.91 Å². The lowest BCUT2D eigenvalue weighted by atomic mass is 10.3. The number of rotatable bonds is 5. The molecule has 0 atom stereocenters. The topological polar surface area (TPSA) is 58.1 Å². The smallest absolute Gasteiger partial charge is 0.265 e. The highest BCUT2D eigenvalue weighted by atomic mass is 32.2. The second-order valence-electron chi connectivity index (χ2n) is 6.24. The summed E-state index contributed by atoms with van der Waals surface area (Å²) in [7, 11) is 0. The number of carbonyl (C=O) groups is 1. The van der Waals surface area contributed by atoms with Gasteiger partial charge in [-0.05, 0) is 49.6 Å². The summed E-state index contributed by atoms with van der Waals surface area (Å²) < 4.78 is 0. The average molecular weight is 417 g/mol. The Morgan fingerprint density at radius 3 is 2.70 bits per heavy atom. The van der Waals surface area contributed by atoms with Gasteiger partial charge in [-0.15, -0.1) is 23.1 Å². The molecular formula is C19H20N4OS3.